The monoisotopic (exact) mass is 263 g/mol. The number of pyridine rings is 1. The highest BCUT2D eigenvalue weighted by Gasteiger charge is 2.19. The minimum Gasteiger partial charge on any atom is -0.396 e. The fraction of sp³-hybridized carbons (Fsp3) is 0.571. The maximum Gasteiger partial charge on any atom is 0.251 e. The third-order valence-electron chi connectivity index (χ3n) is 3.50. The Morgan fingerprint density at radius 3 is 2.95 bits per heavy atom. The molecule has 19 heavy (non-hydrogen) atoms. The Kier molecular flexibility index (Phi) is 4.87. The lowest BCUT2D eigenvalue weighted by atomic mass is 10.0. The van der Waals surface area contributed by atoms with Gasteiger partial charge in [-0.25, -0.2) is 0 Å². The van der Waals surface area contributed by atoms with Crippen LogP contribution in [-0.4, -0.2) is 53.7 Å². The van der Waals surface area contributed by atoms with Gasteiger partial charge in [-0.15, -0.1) is 0 Å². The molecule has 2 N–H and O–H groups in total. The molecule has 0 spiro atoms. The average Bonchev–Trinajstić information content (AvgIpc) is 2.42. The number of aliphatic hydroxyl groups excluding tert-OH is 1. The summed E-state index contributed by atoms with van der Waals surface area (Å²) in [4.78, 5) is 18.5. The molecular weight excluding hydrogens is 242 g/mol. The van der Waals surface area contributed by atoms with Gasteiger partial charge in [0, 0.05) is 36.5 Å². The number of nitrogens with one attached hydrogen (secondary N) is 1. The van der Waals surface area contributed by atoms with E-state index >= 15 is 0 Å². The SMILES string of the molecule is CN1CCC(NC(=O)c2ccnc(CCO)c2)CC1. The number of piperidine rings is 1. The number of hydrogen-bond acceptors (Lipinski definition) is 4. The molecule has 0 aromatic carbocycles. The number of nitrogens with zero attached hydrogens (tertiary/aromatic N) is 2. The molecule has 5 nitrogen and oxygen atoms in total. The quantitative estimate of drug-likeness (QED) is 0.827. The molecule has 1 aromatic heterocycles. The molecule has 5 heteroatoms. The van der Waals surface area contributed by atoms with Gasteiger partial charge in [0.15, 0.2) is 0 Å². The Balaban J connectivity index is 1.94. The Labute approximate surface area is 113 Å². The first-order valence-electron chi connectivity index (χ1n) is 6.74. The maximum atomic E-state index is 12.1. The Morgan fingerprint density at radius 2 is 2.26 bits per heavy atom. The van der Waals surface area contributed by atoms with Crippen molar-refractivity contribution in [2.45, 2.75) is 25.3 Å². The molecule has 2 rings (SSSR count). The average molecular weight is 263 g/mol. The first-order valence-corrected chi connectivity index (χ1v) is 6.74. The van der Waals surface area contributed by atoms with Gasteiger partial charge in [0.1, 0.15) is 0 Å². The van der Waals surface area contributed by atoms with Gasteiger partial charge in [-0.05, 0) is 45.1 Å². The van der Waals surface area contributed by atoms with Crippen molar-refractivity contribution in [1.29, 1.82) is 0 Å². The molecule has 0 radical (unpaired) electrons. The van der Waals surface area contributed by atoms with Crippen LogP contribution in [0.25, 0.3) is 0 Å². The summed E-state index contributed by atoms with van der Waals surface area (Å²) in [6.45, 7) is 2.10. The van der Waals surface area contributed by atoms with Crippen molar-refractivity contribution >= 4 is 5.91 Å². The zero-order chi connectivity index (χ0) is 13.7. The van der Waals surface area contributed by atoms with Crippen molar-refractivity contribution in [3.63, 3.8) is 0 Å². The number of carbonyl (C=O) groups is 1. The van der Waals surface area contributed by atoms with E-state index in [0.717, 1.165) is 31.6 Å². The van der Waals surface area contributed by atoms with Gasteiger partial charge in [-0.1, -0.05) is 0 Å². The topological polar surface area (TPSA) is 65.5 Å². The maximum absolute atomic E-state index is 12.1. The number of likely N-dealkylation sites (tertiary alicyclic amines) is 1. The molecule has 1 aliphatic rings. The van der Waals surface area contributed by atoms with Crippen molar-refractivity contribution in [1.82, 2.24) is 15.2 Å². The molecule has 1 saturated heterocycles. The van der Waals surface area contributed by atoms with Gasteiger partial charge in [0.05, 0.1) is 0 Å². The highest BCUT2D eigenvalue weighted by atomic mass is 16.3. The summed E-state index contributed by atoms with van der Waals surface area (Å²) in [5.41, 5.74) is 1.37. The molecule has 0 aliphatic carbocycles. The lowest BCUT2D eigenvalue weighted by Gasteiger charge is -2.29. The molecule has 1 aromatic rings. The predicted molar refractivity (Wildman–Crippen MR) is 73.0 cm³/mol. The van der Waals surface area contributed by atoms with E-state index in [-0.39, 0.29) is 18.6 Å². The van der Waals surface area contributed by atoms with Crippen molar-refractivity contribution in [2.24, 2.45) is 0 Å². The third kappa shape index (κ3) is 4.01. The van der Waals surface area contributed by atoms with E-state index in [1.165, 1.54) is 0 Å². The number of aromatic nitrogens is 1. The molecule has 1 fully saturated rings. The summed E-state index contributed by atoms with van der Waals surface area (Å²) in [5, 5.41) is 12.0. The molecule has 0 atom stereocenters. The summed E-state index contributed by atoms with van der Waals surface area (Å²) in [6.07, 6.45) is 4.09. The van der Waals surface area contributed by atoms with Gasteiger partial charge in [0.2, 0.25) is 0 Å². The molecule has 104 valence electrons. The summed E-state index contributed by atoms with van der Waals surface area (Å²) in [6, 6.07) is 3.73. The fourth-order valence-electron chi connectivity index (χ4n) is 2.29. The second kappa shape index (κ2) is 6.63. The van der Waals surface area contributed by atoms with Crippen LogP contribution in [0.1, 0.15) is 28.9 Å². The number of amides is 1. The summed E-state index contributed by atoms with van der Waals surface area (Å²) in [7, 11) is 2.10. The second-order valence-electron chi connectivity index (χ2n) is 5.06. The van der Waals surface area contributed by atoms with Crippen LogP contribution in [0, 0.1) is 0 Å². The zero-order valence-electron chi connectivity index (χ0n) is 11.3. The number of aliphatic hydroxyl groups is 1. The van der Waals surface area contributed by atoms with Crippen LogP contribution < -0.4 is 5.32 Å². The Morgan fingerprint density at radius 1 is 1.53 bits per heavy atom. The van der Waals surface area contributed by atoms with Gasteiger partial charge in [-0.2, -0.15) is 0 Å². The molecule has 2 heterocycles. The van der Waals surface area contributed by atoms with E-state index in [2.05, 4.69) is 22.2 Å². The van der Waals surface area contributed by atoms with Crippen LogP contribution in [-0.2, 0) is 6.42 Å². The third-order valence-corrected chi connectivity index (χ3v) is 3.50. The van der Waals surface area contributed by atoms with Crippen molar-refractivity contribution in [3.8, 4) is 0 Å². The predicted octanol–water partition coefficient (Wildman–Crippen LogP) is 0.440. The number of hydrogen-bond donors (Lipinski definition) is 2. The van der Waals surface area contributed by atoms with E-state index in [4.69, 9.17) is 5.11 Å². The van der Waals surface area contributed by atoms with Crippen molar-refractivity contribution in [3.05, 3.63) is 29.6 Å². The van der Waals surface area contributed by atoms with Crippen LogP contribution in [0.2, 0.25) is 0 Å². The van der Waals surface area contributed by atoms with Crippen LogP contribution in [0.15, 0.2) is 18.3 Å². The van der Waals surface area contributed by atoms with E-state index in [9.17, 15) is 4.79 Å². The summed E-state index contributed by atoms with van der Waals surface area (Å²) in [5.74, 6) is -0.0452. The summed E-state index contributed by atoms with van der Waals surface area (Å²) >= 11 is 0. The van der Waals surface area contributed by atoms with Gasteiger partial charge >= 0.3 is 0 Å². The molecule has 1 aliphatic heterocycles. The minimum absolute atomic E-state index is 0.0452. The van der Waals surface area contributed by atoms with Crippen LogP contribution in [0.5, 0.6) is 0 Å². The standard InChI is InChI=1S/C14H21N3O2/c1-17-7-3-12(4-8-17)16-14(19)11-2-6-15-13(10-11)5-9-18/h2,6,10,12,18H,3-5,7-9H2,1H3,(H,16,19). The normalized spacial score (nSPS) is 17.4. The smallest absolute Gasteiger partial charge is 0.251 e. The lowest BCUT2D eigenvalue weighted by molar-refractivity contribution is 0.0916. The van der Waals surface area contributed by atoms with E-state index in [0.29, 0.717) is 12.0 Å². The van der Waals surface area contributed by atoms with Gasteiger partial charge < -0.3 is 15.3 Å². The van der Waals surface area contributed by atoms with Crippen molar-refractivity contribution < 1.29 is 9.90 Å². The highest BCUT2D eigenvalue weighted by Crippen LogP contribution is 2.10. The largest absolute Gasteiger partial charge is 0.396 e. The van der Waals surface area contributed by atoms with E-state index in [1.807, 2.05) is 0 Å². The second-order valence-corrected chi connectivity index (χ2v) is 5.06. The molecule has 0 saturated carbocycles. The summed E-state index contributed by atoms with van der Waals surface area (Å²) < 4.78 is 0. The van der Waals surface area contributed by atoms with Crippen molar-refractivity contribution in [2.75, 3.05) is 26.7 Å². The molecule has 0 unspecified atom stereocenters. The van der Waals surface area contributed by atoms with Gasteiger partial charge in [0.25, 0.3) is 5.91 Å². The first kappa shape index (κ1) is 14.0. The number of carbonyl (C=O) groups excluding carboxylic acids is 1. The molecule has 0 bridgehead atoms. The lowest BCUT2D eigenvalue weighted by Crippen LogP contribution is -2.43. The van der Waals surface area contributed by atoms with E-state index in [1.54, 1.807) is 18.3 Å². The van der Waals surface area contributed by atoms with Crippen LogP contribution in [0.3, 0.4) is 0 Å². The van der Waals surface area contributed by atoms with Crippen LogP contribution >= 0.6 is 0 Å². The van der Waals surface area contributed by atoms with E-state index < -0.39 is 0 Å². The van der Waals surface area contributed by atoms with Crippen LogP contribution in [0.4, 0.5) is 0 Å². The fourth-order valence-corrected chi connectivity index (χ4v) is 2.29. The number of rotatable bonds is 4. The first-order chi connectivity index (χ1) is 9.19. The van der Waals surface area contributed by atoms with Gasteiger partial charge in [-0.3, -0.25) is 9.78 Å². The minimum atomic E-state index is -0.0452. The molecular formula is C14H21N3O2. The molecule has 1 amide bonds. The zero-order valence-corrected chi connectivity index (χ0v) is 11.3. The Hall–Kier alpha value is -1.46. The Bertz CT molecular complexity index is 428. The highest BCUT2D eigenvalue weighted by molar-refractivity contribution is 5.94.